The number of nitrogens with two attached hydrogens (primary N) is 1. The van der Waals surface area contributed by atoms with Crippen molar-refractivity contribution in [1.82, 2.24) is 0 Å². The highest BCUT2D eigenvalue weighted by atomic mass is 19.1. The van der Waals surface area contributed by atoms with Crippen molar-refractivity contribution in [2.45, 2.75) is 12.5 Å². The van der Waals surface area contributed by atoms with Gasteiger partial charge in [0.2, 0.25) is 0 Å². The standard InChI is InChI=1S/C10H12FNO/c11-9-3-1-2-8-7(9)4-5-13-10(8)6-12/h1-3,10H,4-6,12H2. The average Bonchev–Trinajstić information content (AvgIpc) is 2.18. The molecule has 0 bridgehead atoms. The Bertz CT molecular complexity index is 314. The van der Waals surface area contributed by atoms with Crippen LogP contribution in [0.5, 0.6) is 0 Å². The van der Waals surface area contributed by atoms with Gasteiger partial charge in [-0.25, -0.2) is 4.39 Å². The molecule has 0 aliphatic carbocycles. The molecule has 0 fully saturated rings. The monoisotopic (exact) mass is 181 g/mol. The molecule has 1 aliphatic heterocycles. The van der Waals surface area contributed by atoms with E-state index in [1.807, 2.05) is 6.07 Å². The average molecular weight is 181 g/mol. The third kappa shape index (κ3) is 1.45. The van der Waals surface area contributed by atoms with E-state index in [1.54, 1.807) is 6.07 Å². The summed E-state index contributed by atoms with van der Waals surface area (Å²) in [5, 5.41) is 0. The summed E-state index contributed by atoms with van der Waals surface area (Å²) in [6.07, 6.45) is 0.526. The number of fused-ring (bicyclic) bond motifs is 1. The molecule has 0 radical (unpaired) electrons. The Morgan fingerprint density at radius 2 is 2.38 bits per heavy atom. The Hall–Kier alpha value is -0.930. The van der Waals surface area contributed by atoms with Gasteiger partial charge in [0.25, 0.3) is 0 Å². The Morgan fingerprint density at radius 3 is 3.15 bits per heavy atom. The normalized spacial score (nSPS) is 21.2. The molecule has 13 heavy (non-hydrogen) atoms. The first-order chi connectivity index (χ1) is 6.33. The zero-order valence-electron chi connectivity index (χ0n) is 7.29. The van der Waals surface area contributed by atoms with Crippen molar-refractivity contribution in [3.8, 4) is 0 Å². The van der Waals surface area contributed by atoms with Crippen LogP contribution in [0.4, 0.5) is 4.39 Å². The second-order valence-electron chi connectivity index (χ2n) is 3.15. The second-order valence-corrected chi connectivity index (χ2v) is 3.15. The maximum Gasteiger partial charge on any atom is 0.126 e. The molecule has 70 valence electrons. The molecule has 3 heteroatoms. The van der Waals surface area contributed by atoms with Gasteiger partial charge in [-0.15, -0.1) is 0 Å². The molecule has 1 atom stereocenters. The number of hydrogen-bond acceptors (Lipinski definition) is 2. The number of rotatable bonds is 1. The Kier molecular flexibility index (Phi) is 2.29. The van der Waals surface area contributed by atoms with Crippen molar-refractivity contribution in [2.24, 2.45) is 5.73 Å². The van der Waals surface area contributed by atoms with Crippen LogP contribution in [0.2, 0.25) is 0 Å². The van der Waals surface area contributed by atoms with Crippen molar-refractivity contribution in [3.63, 3.8) is 0 Å². The second kappa shape index (κ2) is 3.44. The predicted molar refractivity (Wildman–Crippen MR) is 47.9 cm³/mol. The quantitative estimate of drug-likeness (QED) is 0.710. The molecule has 2 rings (SSSR count). The van der Waals surface area contributed by atoms with Gasteiger partial charge in [-0.05, 0) is 23.6 Å². The number of benzene rings is 1. The van der Waals surface area contributed by atoms with Gasteiger partial charge in [-0.1, -0.05) is 12.1 Å². The highest BCUT2D eigenvalue weighted by Crippen LogP contribution is 2.27. The summed E-state index contributed by atoms with van der Waals surface area (Å²) in [6.45, 7) is 0.978. The van der Waals surface area contributed by atoms with E-state index in [0.29, 0.717) is 19.6 Å². The fraction of sp³-hybridized carbons (Fsp3) is 0.400. The third-order valence-electron chi connectivity index (χ3n) is 2.39. The number of hydrogen-bond donors (Lipinski definition) is 1. The van der Waals surface area contributed by atoms with E-state index >= 15 is 0 Å². The minimum atomic E-state index is -0.140. The third-order valence-corrected chi connectivity index (χ3v) is 2.39. The fourth-order valence-electron chi connectivity index (χ4n) is 1.73. The van der Waals surface area contributed by atoms with Crippen LogP contribution in [-0.2, 0) is 11.2 Å². The molecule has 0 saturated heterocycles. The van der Waals surface area contributed by atoms with Crippen LogP contribution in [-0.4, -0.2) is 13.2 Å². The van der Waals surface area contributed by atoms with Gasteiger partial charge >= 0.3 is 0 Å². The molecular weight excluding hydrogens is 169 g/mol. The summed E-state index contributed by atoms with van der Waals surface area (Å²) in [5.41, 5.74) is 7.20. The maximum absolute atomic E-state index is 13.3. The Labute approximate surface area is 76.5 Å². The minimum Gasteiger partial charge on any atom is -0.372 e. The predicted octanol–water partition coefficient (Wildman–Crippen LogP) is 1.40. The smallest absolute Gasteiger partial charge is 0.126 e. The summed E-state index contributed by atoms with van der Waals surface area (Å²) >= 11 is 0. The van der Waals surface area contributed by atoms with Gasteiger partial charge in [0.15, 0.2) is 0 Å². The highest BCUT2D eigenvalue weighted by Gasteiger charge is 2.21. The van der Waals surface area contributed by atoms with E-state index in [0.717, 1.165) is 11.1 Å². The van der Waals surface area contributed by atoms with E-state index < -0.39 is 0 Å². The Morgan fingerprint density at radius 1 is 1.54 bits per heavy atom. The van der Waals surface area contributed by atoms with Crippen molar-refractivity contribution in [2.75, 3.05) is 13.2 Å². The van der Waals surface area contributed by atoms with E-state index in [1.165, 1.54) is 6.07 Å². The first kappa shape index (κ1) is 8.66. The molecule has 1 aromatic carbocycles. The van der Waals surface area contributed by atoms with Crippen LogP contribution in [0, 0.1) is 5.82 Å². The fourth-order valence-corrected chi connectivity index (χ4v) is 1.73. The van der Waals surface area contributed by atoms with Gasteiger partial charge in [0.1, 0.15) is 5.82 Å². The molecule has 1 aromatic rings. The molecule has 0 aromatic heterocycles. The van der Waals surface area contributed by atoms with Gasteiger partial charge in [0.05, 0.1) is 12.7 Å². The SMILES string of the molecule is NCC1OCCc2c(F)cccc21. The van der Waals surface area contributed by atoms with Crippen LogP contribution in [0.15, 0.2) is 18.2 Å². The van der Waals surface area contributed by atoms with E-state index in [2.05, 4.69) is 0 Å². The van der Waals surface area contributed by atoms with Crippen LogP contribution in [0.1, 0.15) is 17.2 Å². The zero-order valence-corrected chi connectivity index (χ0v) is 7.29. The molecule has 0 spiro atoms. The van der Waals surface area contributed by atoms with Crippen LogP contribution >= 0.6 is 0 Å². The topological polar surface area (TPSA) is 35.2 Å². The van der Waals surface area contributed by atoms with Gasteiger partial charge in [-0.2, -0.15) is 0 Å². The molecule has 1 unspecified atom stereocenters. The van der Waals surface area contributed by atoms with Crippen molar-refractivity contribution >= 4 is 0 Å². The van der Waals surface area contributed by atoms with Crippen LogP contribution in [0.25, 0.3) is 0 Å². The summed E-state index contributed by atoms with van der Waals surface area (Å²) in [4.78, 5) is 0. The first-order valence-corrected chi connectivity index (χ1v) is 4.42. The lowest BCUT2D eigenvalue weighted by Gasteiger charge is -2.25. The molecular formula is C10H12FNO. The molecule has 0 saturated carbocycles. The minimum absolute atomic E-state index is 0.126. The maximum atomic E-state index is 13.3. The van der Waals surface area contributed by atoms with Crippen molar-refractivity contribution in [1.29, 1.82) is 0 Å². The summed E-state index contributed by atoms with van der Waals surface area (Å²) < 4.78 is 18.7. The van der Waals surface area contributed by atoms with Gasteiger partial charge in [0, 0.05) is 6.54 Å². The van der Waals surface area contributed by atoms with Gasteiger partial charge in [-0.3, -0.25) is 0 Å². The number of halogens is 1. The van der Waals surface area contributed by atoms with E-state index in [9.17, 15) is 4.39 Å². The van der Waals surface area contributed by atoms with E-state index in [4.69, 9.17) is 10.5 Å². The lowest BCUT2D eigenvalue weighted by Crippen LogP contribution is -2.23. The van der Waals surface area contributed by atoms with Crippen LogP contribution in [0.3, 0.4) is 0 Å². The highest BCUT2D eigenvalue weighted by molar-refractivity contribution is 5.32. The first-order valence-electron chi connectivity index (χ1n) is 4.42. The molecule has 2 nitrogen and oxygen atoms in total. The lowest BCUT2D eigenvalue weighted by atomic mass is 9.97. The molecule has 1 aliphatic rings. The summed E-state index contributed by atoms with van der Waals surface area (Å²) in [5.74, 6) is -0.140. The molecule has 0 amide bonds. The van der Waals surface area contributed by atoms with Crippen molar-refractivity contribution in [3.05, 3.63) is 35.1 Å². The molecule has 2 N–H and O–H groups in total. The summed E-state index contributed by atoms with van der Waals surface area (Å²) in [7, 11) is 0. The summed E-state index contributed by atoms with van der Waals surface area (Å²) in [6, 6.07) is 5.07. The van der Waals surface area contributed by atoms with Crippen molar-refractivity contribution < 1.29 is 9.13 Å². The Balaban J connectivity index is 2.45. The van der Waals surface area contributed by atoms with Gasteiger partial charge < -0.3 is 10.5 Å². The molecule has 1 heterocycles. The number of ether oxygens (including phenoxy) is 1. The zero-order chi connectivity index (χ0) is 9.26. The lowest BCUT2D eigenvalue weighted by molar-refractivity contribution is 0.0474. The largest absolute Gasteiger partial charge is 0.372 e. The van der Waals surface area contributed by atoms with E-state index in [-0.39, 0.29) is 11.9 Å². The van der Waals surface area contributed by atoms with Crippen LogP contribution < -0.4 is 5.73 Å².